The molecule has 0 heterocycles. The van der Waals surface area contributed by atoms with Crippen LogP contribution >= 0.6 is 0 Å². The summed E-state index contributed by atoms with van der Waals surface area (Å²) in [5.74, 6) is 4.73. The molecule has 4 N–H and O–H groups in total. The second-order valence-corrected chi connectivity index (χ2v) is 4.79. The predicted octanol–water partition coefficient (Wildman–Crippen LogP) is 1.80. The zero-order chi connectivity index (χ0) is 14.6. The second-order valence-electron chi connectivity index (χ2n) is 4.79. The SMILES string of the molecule is CCC(C)(C)NC(=O)c1cccc(NN)c1[N+](=O)[O-]. The van der Waals surface area contributed by atoms with Gasteiger partial charge in [-0.25, -0.2) is 0 Å². The van der Waals surface area contributed by atoms with Crippen LogP contribution in [-0.4, -0.2) is 16.4 Å². The number of hydrogen-bond donors (Lipinski definition) is 3. The first kappa shape index (κ1) is 14.9. The van der Waals surface area contributed by atoms with Gasteiger partial charge in [-0.1, -0.05) is 13.0 Å². The Morgan fingerprint density at radius 3 is 2.58 bits per heavy atom. The molecule has 7 nitrogen and oxygen atoms in total. The molecular weight excluding hydrogens is 248 g/mol. The van der Waals surface area contributed by atoms with Gasteiger partial charge in [0.05, 0.1) is 4.92 Å². The number of nitrogens with one attached hydrogen (secondary N) is 2. The number of carbonyl (C=O) groups is 1. The standard InChI is InChI=1S/C12H18N4O3/c1-4-12(2,3)14-11(17)8-6-5-7-9(15-13)10(8)16(18)19/h5-7,15H,4,13H2,1-3H3,(H,14,17). The molecule has 0 aliphatic rings. The highest BCUT2D eigenvalue weighted by Gasteiger charge is 2.27. The van der Waals surface area contributed by atoms with Gasteiger partial charge in [0.1, 0.15) is 11.3 Å². The third-order valence-electron chi connectivity index (χ3n) is 2.95. The Morgan fingerprint density at radius 1 is 1.47 bits per heavy atom. The van der Waals surface area contributed by atoms with Crippen molar-refractivity contribution < 1.29 is 9.72 Å². The Labute approximate surface area is 111 Å². The zero-order valence-corrected chi connectivity index (χ0v) is 11.2. The lowest BCUT2D eigenvalue weighted by Gasteiger charge is -2.24. The maximum absolute atomic E-state index is 12.1. The summed E-state index contributed by atoms with van der Waals surface area (Å²) in [5.41, 5.74) is 1.56. The molecule has 104 valence electrons. The largest absolute Gasteiger partial charge is 0.347 e. The molecule has 0 fully saturated rings. The number of nitro benzene ring substituents is 1. The van der Waals surface area contributed by atoms with Crippen LogP contribution < -0.4 is 16.6 Å². The van der Waals surface area contributed by atoms with Gasteiger partial charge < -0.3 is 10.7 Å². The maximum Gasteiger partial charge on any atom is 0.306 e. The summed E-state index contributed by atoms with van der Waals surface area (Å²) in [6.07, 6.45) is 0.710. The number of hydrazine groups is 1. The smallest absolute Gasteiger partial charge is 0.306 e. The van der Waals surface area contributed by atoms with Crippen LogP contribution in [0.4, 0.5) is 11.4 Å². The Hall–Kier alpha value is -2.15. The lowest BCUT2D eigenvalue weighted by Crippen LogP contribution is -2.43. The molecular formula is C12H18N4O3. The highest BCUT2D eigenvalue weighted by Crippen LogP contribution is 2.28. The molecule has 1 aromatic carbocycles. The van der Waals surface area contributed by atoms with Gasteiger partial charge in [-0.2, -0.15) is 0 Å². The van der Waals surface area contributed by atoms with Crippen molar-refractivity contribution >= 4 is 17.3 Å². The number of nitrogen functional groups attached to an aromatic ring is 1. The molecule has 0 spiro atoms. The molecule has 1 rings (SSSR count). The molecule has 1 amide bonds. The number of benzene rings is 1. The van der Waals surface area contributed by atoms with E-state index in [2.05, 4.69) is 10.7 Å². The fourth-order valence-corrected chi connectivity index (χ4v) is 1.50. The van der Waals surface area contributed by atoms with Gasteiger partial charge in [0.25, 0.3) is 5.91 Å². The van der Waals surface area contributed by atoms with E-state index < -0.39 is 16.4 Å². The van der Waals surface area contributed by atoms with E-state index in [1.165, 1.54) is 18.2 Å². The fraction of sp³-hybridized carbons (Fsp3) is 0.417. The highest BCUT2D eigenvalue weighted by atomic mass is 16.6. The number of nitrogens with two attached hydrogens (primary N) is 1. The van der Waals surface area contributed by atoms with E-state index in [1.54, 1.807) is 0 Å². The van der Waals surface area contributed by atoms with E-state index in [1.807, 2.05) is 20.8 Å². The minimum absolute atomic E-state index is 0.0121. The number of nitrogens with zero attached hydrogens (tertiary/aromatic N) is 1. The first-order valence-electron chi connectivity index (χ1n) is 5.89. The molecule has 0 atom stereocenters. The molecule has 0 saturated heterocycles. The third-order valence-corrected chi connectivity index (χ3v) is 2.95. The average molecular weight is 266 g/mol. The van der Waals surface area contributed by atoms with Crippen LogP contribution in [0.1, 0.15) is 37.6 Å². The number of anilines is 1. The quantitative estimate of drug-likeness (QED) is 0.427. The van der Waals surface area contributed by atoms with Crippen LogP contribution in [0.25, 0.3) is 0 Å². The van der Waals surface area contributed by atoms with Gasteiger partial charge in [0.2, 0.25) is 0 Å². The zero-order valence-electron chi connectivity index (χ0n) is 11.2. The van der Waals surface area contributed by atoms with E-state index in [0.29, 0.717) is 6.42 Å². The molecule has 0 radical (unpaired) electrons. The number of hydrogen-bond acceptors (Lipinski definition) is 5. The number of carbonyl (C=O) groups excluding carboxylic acids is 1. The lowest BCUT2D eigenvalue weighted by molar-refractivity contribution is -0.384. The molecule has 0 aromatic heterocycles. The normalized spacial score (nSPS) is 10.9. The van der Waals surface area contributed by atoms with Crippen LogP contribution in [-0.2, 0) is 0 Å². The fourth-order valence-electron chi connectivity index (χ4n) is 1.50. The van der Waals surface area contributed by atoms with Crippen molar-refractivity contribution in [3.63, 3.8) is 0 Å². The molecule has 0 aliphatic carbocycles. The van der Waals surface area contributed by atoms with E-state index in [9.17, 15) is 14.9 Å². The van der Waals surface area contributed by atoms with E-state index in [4.69, 9.17) is 5.84 Å². The molecule has 0 unspecified atom stereocenters. The first-order chi connectivity index (χ1) is 8.82. The van der Waals surface area contributed by atoms with Crippen LogP contribution in [0.3, 0.4) is 0 Å². The number of para-hydroxylation sites is 1. The van der Waals surface area contributed by atoms with Gasteiger partial charge in [-0.05, 0) is 32.4 Å². The Kier molecular flexibility index (Phi) is 4.44. The summed E-state index contributed by atoms with van der Waals surface area (Å²) in [7, 11) is 0. The minimum atomic E-state index is -0.622. The lowest BCUT2D eigenvalue weighted by atomic mass is 10.0. The van der Waals surface area contributed by atoms with Crippen LogP contribution in [0, 0.1) is 10.1 Å². The second kappa shape index (κ2) is 5.66. The van der Waals surface area contributed by atoms with Crippen molar-refractivity contribution in [3.05, 3.63) is 33.9 Å². The number of rotatable bonds is 5. The minimum Gasteiger partial charge on any atom is -0.347 e. The first-order valence-corrected chi connectivity index (χ1v) is 5.89. The van der Waals surface area contributed by atoms with Gasteiger partial charge >= 0.3 is 5.69 Å². The average Bonchev–Trinajstić information content (AvgIpc) is 2.37. The molecule has 7 heteroatoms. The van der Waals surface area contributed by atoms with Crippen molar-refractivity contribution in [1.82, 2.24) is 5.32 Å². The maximum atomic E-state index is 12.1. The summed E-state index contributed by atoms with van der Waals surface area (Å²) in [6, 6.07) is 4.38. The monoisotopic (exact) mass is 266 g/mol. The van der Waals surface area contributed by atoms with Crippen molar-refractivity contribution in [2.45, 2.75) is 32.7 Å². The Balaban J connectivity index is 3.20. The summed E-state index contributed by atoms with van der Waals surface area (Å²) in [5, 5.41) is 13.8. The summed E-state index contributed by atoms with van der Waals surface area (Å²) >= 11 is 0. The highest BCUT2D eigenvalue weighted by molar-refractivity contribution is 6.00. The van der Waals surface area contributed by atoms with Crippen LogP contribution in [0.5, 0.6) is 0 Å². The van der Waals surface area contributed by atoms with Gasteiger partial charge in [0, 0.05) is 5.54 Å². The van der Waals surface area contributed by atoms with Crippen LogP contribution in [0.15, 0.2) is 18.2 Å². The van der Waals surface area contributed by atoms with Gasteiger partial charge in [-0.15, -0.1) is 0 Å². The molecule has 19 heavy (non-hydrogen) atoms. The number of nitro groups is 1. The summed E-state index contributed by atoms with van der Waals surface area (Å²) < 4.78 is 0. The van der Waals surface area contributed by atoms with Crippen LogP contribution in [0.2, 0.25) is 0 Å². The van der Waals surface area contributed by atoms with Crippen molar-refractivity contribution in [1.29, 1.82) is 0 Å². The van der Waals surface area contributed by atoms with E-state index in [-0.39, 0.29) is 16.9 Å². The predicted molar refractivity (Wildman–Crippen MR) is 72.7 cm³/mol. The van der Waals surface area contributed by atoms with Crippen molar-refractivity contribution in [3.8, 4) is 0 Å². The van der Waals surface area contributed by atoms with Crippen molar-refractivity contribution in [2.75, 3.05) is 5.43 Å². The Morgan fingerprint density at radius 2 is 2.11 bits per heavy atom. The van der Waals surface area contributed by atoms with Crippen molar-refractivity contribution in [2.24, 2.45) is 5.84 Å². The molecule has 0 saturated carbocycles. The topological polar surface area (TPSA) is 110 Å². The summed E-state index contributed by atoms with van der Waals surface area (Å²) in [4.78, 5) is 22.6. The third kappa shape index (κ3) is 3.41. The Bertz CT molecular complexity index is 500. The molecule has 0 bridgehead atoms. The number of amides is 1. The van der Waals surface area contributed by atoms with Gasteiger partial charge in [-0.3, -0.25) is 20.8 Å². The van der Waals surface area contributed by atoms with E-state index >= 15 is 0 Å². The molecule has 0 aliphatic heterocycles. The molecule has 1 aromatic rings. The van der Waals surface area contributed by atoms with E-state index in [0.717, 1.165) is 0 Å². The summed E-state index contributed by atoms with van der Waals surface area (Å²) in [6.45, 7) is 5.62. The van der Waals surface area contributed by atoms with Gasteiger partial charge in [0.15, 0.2) is 0 Å².